The van der Waals surface area contributed by atoms with E-state index in [0.717, 1.165) is 25.3 Å². The number of rotatable bonds is 3. The van der Waals surface area contributed by atoms with Crippen LogP contribution in [-0.4, -0.2) is 41.8 Å². The van der Waals surface area contributed by atoms with Crippen molar-refractivity contribution in [3.63, 3.8) is 0 Å². The van der Waals surface area contributed by atoms with Gasteiger partial charge in [0.15, 0.2) is 0 Å². The fraction of sp³-hybridized carbons (Fsp3) is 0.600. The summed E-state index contributed by atoms with van der Waals surface area (Å²) in [7, 11) is 0. The van der Waals surface area contributed by atoms with Crippen LogP contribution < -0.4 is 0 Å². The third kappa shape index (κ3) is 3.31. The van der Waals surface area contributed by atoms with Gasteiger partial charge in [-0.15, -0.1) is 0 Å². The average Bonchev–Trinajstić information content (AvgIpc) is 2.28. The molecule has 1 aliphatic rings. The van der Waals surface area contributed by atoms with E-state index in [4.69, 9.17) is 4.74 Å². The van der Waals surface area contributed by atoms with Gasteiger partial charge >= 0.3 is 0 Å². The fourth-order valence-corrected chi connectivity index (χ4v) is 2.57. The summed E-state index contributed by atoms with van der Waals surface area (Å²) in [6.45, 7) is 9.18. The van der Waals surface area contributed by atoms with Crippen LogP contribution in [0.25, 0.3) is 0 Å². The first-order chi connectivity index (χ1) is 8.39. The maximum atomic E-state index is 10.6. The predicted octanol–water partition coefficient (Wildman–Crippen LogP) is 2.00. The fourth-order valence-electron chi connectivity index (χ4n) is 2.57. The van der Waals surface area contributed by atoms with Crippen LogP contribution >= 0.6 is 0 Å². The van der Waals surface area contributed by atoms with E-state index in [1.165, 1.54) is 0 Å². The highest BCUT2D eigenvalue weighted by Gasteiger charge is 2.32. The molecule has 3 nitrogen and oxygen atoms in total. The normalized spacial score (nSPS) is 23.6. The number of ether oxygens (including phenoxy) is 1. The molecule has 0 aliphatic carbocycles. The van der Waals surface area contributed by atoms with Gasteiger partial charge in [-0.05, 0) is 26.3 Å². The van der Waals surface area contributed by atoms with Gasteiger partial charge in [0.05, 0.1) is 17.8 Å². The van der Waals surface area contributed by atoms with Crippen LogP contribution in [-0.2, 0) is 10.3 Å². The molecule has 1 atom stereocenters. The van der Waals surface area contributed by atoms with Crippen LogP contribution in [0.3, 0.4) is 0 Å². The summed E-state index contributed by atoms with van der Waals surface area (Å²) < 4.78 is 5.69. The average molecular weight is 249 g/mol. The Morgan fingerprint density at radius 3 is 2.61 bits per heavy atom. The van der Waals surface area contributed by atoms with E-state index in [1.807, 2.05) is 37.3 Å². The minimum absolute atomic E-state index is 0.120. The van der Waals surface area contributed by atoms with Gasteiger partial charge in [-0.1, -0.05) is 30.3 Å². The van der Waals surface area contributed by atoms with Gasteiger partial charge in [-0.3, -0.25) is 4.90 Å². The summed E-state index contributed by atoms with van der Waals surface area (Å²) in [6.07, 6.45) is 0. The maximum Gasteiger partial charge on any atom is 0.0994 e. The Balaban J connectivity index is 2.04. The quantitative estimate of drug-likeness (QED) is 0.889. The largest absolute Gasteiger partial charge is 0.384 e. The molecule has 3 heteroatoms. The highest BCUT2D eigenvalue weighted by Crippen LogP contribution is 2.24. The summed E-state index contributed by atoms with van der Waals surface area (Å²) in [4.78, 5) is 2.27. The van der Waals surface area contributed by atoms with E-state index < -0.39 is 5.60 Å². The second-order valence-electron chi connectivity index (χ2n) is 5.96. The topological polar surface area (TPSA) is 32.7 Å². The van der Waals surface area contributed by atoms with Crippen molar-refractivity contribution in [2.45, 2.75) is 32.0 Å². The molecule has 0 amide bonds. The Labute approximate surface area is 109 Å². The third-order valence-corrected chi connectivity index (χ3v) is 3.43. The summed E-state index contributed by atoms with van der Waals surface area (Å²) in [5.41, 5.74) is 0.0361. The van der Waals surface area contributed by atoms with E-state index >= 15 is 0 Å². The molecule has 0 bridgehead atoms. The van der Waals surface area contributed by atoms with Crippen LogP contribution in [0.2, 0.25) is 0 Å². The summed E-state index contributed by atoms with van der Waals surface area (Å²) in [5.74, 6) is 0. The first-order valence-electron chi connectivity index (χ1n) is 6.53. The lowest BCUT2D eigenvalue weighted by molar-refractivity contribution is -0.104. The summed E-state index contributed by atoms with van der Waals surface area (Å²) in [5, 5.41) is 10.6. The molecular formula is C15H23NO2. The van der Waals surface area contributed by atoms with Crippen LogP contribution in [0, 0.1) is 0 Å². The molecule has 1 aromatic carbocycles. The number of β-amino-alcohol motifs (C(OH)–C–C–N with tert-alkyl or cyclic N) is 1. The van der Waals surface area contributed by atoms with Gasteiger partial charge in [0.1, 0.15) is 0 Å². The first-order valence-corrected chi connectivity index (χ1v) is 6.53. The molecule has 0 saturated carbocycles. The molecule has 1 saturated heterocycles. The van der Waals surface area contributed by atoms with Crippen molar-refractivity contribution in [3.8, 4) is 0 Å². The third-order valence-electron chi connectivity index (χ3n) is 3.43. The molecule has 1 N–H and O–H groups in total. The molecule has 1 aliphatic heterocycles. The summed E-state index contributed by atoms with van der Waals surface area (Å²) >= 11 is 0. The van der Waals surface area contributed by atoms with Gasteiger partial charge < -0.3 is 9.84 Å². The Morgan fingerprint density at radius 1 is 1.33 bits per heavy atom. The maximum absolute atomic E-state index is 10.6. The molecule has 1 aromatic rings. The molecule has 1 unspecified atom stereocenters. The Morgan fingerprint density at radius 2 is 2.00 bits per heavy atom. The van der Waals surface area contributed by atoms with Crippen LogP contribution in [0.1, 0.15) is 26.3 Å². The van der Waals surface area contributed by atoms with E-state index in [0.29, 0.717) is 6.54 Å². The van der Waals surface area contributed by atoms with Crippen molar-refractivity contribution >= 4 is 0 Å². The lowest BCUT2D eigenvalue weighted by Crippen LogP contribution is -2.52. The number of hydrogen-bond acceptors (Lipinski definition) is 3. The number of benzene rings is 1. The Bertz CT molecular complexity index is 387. The number of morpholine rings is 1. The Kier molecular flexibility index (Phi) is 3.76. The van der Waals surface area contributed by atoms with Gasteiger partial charge in [0.2, 0.25) is 0 Å². The van der Waals surface area contributed by atoms with Crippen molar-refractivity contribution < 1.29 is 9.84 Å². The highest BCUT2D eigenvalue weighted by molar-refractivity contribution is 5.21. The minimum Gasteiger partial charge on any atom is -0.384 e. The number of nitrogens with zero attached hydrogens (tertiary/aromatic N) is 1. The zero-order chi connectivity index (χ0) is 13.2. The van der Waals surface area contributed by atoms with Crippen molar-refractivity contribution in [3.05, 3.63) is 35.9 Å². The second kappa shape index (κ2) is 5.00. The van der Waals surface area contributed by atoms with Gasteiger partial charge in [0.25, 0.3) is 0 Å². The van der Waals surface area contributed by atoms with Crippen LogP contribution in [0.15, 0.2) is 30.3 Å². The SMILES string of the molecule is CC1(C)CN(CC(C)(O)c2ccccc2)CCO1. The molecule has 0 aromatic heterocycles. The Hall–Kier alpha value is -0.900. The van der Waals surface area contributed by atoms with Crippen LogP contribution in [0.5, 0.6) is 0 Å². The monoisotopic (exact) mass is 249 g/mol. The molecule has 0 radical (unpaired) electrons. The van der Waals surface area contributed by atoms with Crippen molar-refractivity contribution in [2.24, 2.45) is 0 Å². The lowest BCUT2D eigenvalue weighted by Gasteiger charge is -2.41. The second-order valence-corrected chi connectivity index (χ2v) is 5.96. The first kappa shape index (κ1) is 13.5. The highest BCUT2D eigenvalue weighted by atomic mass is 16.5. The molecule has 2 rings (SSSR count). The molecule has 100 valence electrons. The molecular weight excluding hydrogens is 226 g/mol. The molecule has 1 heterocycles. The number of aliphatic hydroxyl groups is 1. The minimum atomic E-state index is -0.811. The zero-order valence-corrected chi connectivity index (χ0v) is 11.5. The van der Waals surface area contributed by atoms with E-state index in [1.54, 1.807) is 0 Å². The molecule has 1 fully saturated rings. The van der Waals surface area contributed by atoms with Crippen molar-refractivity contribution in [1.82, 2.24) is 4.90 Å². The summed E-state index contributed by atoms with van der Waals surface area (Å²) in [6, 6.07) is 9.86. The number of hydrogen-bond donors (Lipinski definition) is 1. The van der Waals surface area contributed by atoms with Crippen molar-refractivity contribution in [2.75, 3.05) is 26.2 Å². The molecule has 18 heavy (non-hydrogen) atoms. The predicted molar refractivity (Wildman–Crippen MR) is 72.5 cm³/mol. The van der Waals surface area contributed by atoms with Gasteiger partial charge in [-0.2, -0.15) is 0 Å². The smallest absolute Gasteiger partial charge is 0.0994 e. The van der Waals surface area contributed by atoms with Crippen molar-refractivity contribution in [1.29, 1.82) is 0 Å². The molecule has 0 spiro atoms. The lowest BCUT2D eigenvalue weighted by atomic mass is 9.94. The standard InChI is InChI=1S/C15H23NO2/c1-14(2)11-16(9-10-18-14)12-15(3,17)13-7-5-4-6-8-13/h4-8,17H,9-12H2,1-3H3. The zero-order valence-electron chi connectivity index (χ0n) is 11.5. The van der Waals surface area contributed by atoms with E-state index in [9.17, 15) is 5.11 Å². The van der Waals surface area contributed by atoms with E-state index in [-0.39, 0.29) is 5.60 Å². The van der Waals surface area contributed by atoms with Gasteiger partial charge in [0, 0.05) is 19.6 Å². The van der Waals surface area contributed by atoms with Crippen LogP contribution in [0.4, 0.5) is 0 Å². The van der Waals surface area contributed by atoms with E-state index in [2.05, 4.69) is 18.7 Å². The van der Waals surface area contributed by atoms with Gasteiger partial charge in [-0.25, -0.2) is 0 Å².